The molecule has 3 aromatic rings. The number of rotatable bonds is 7. The van der Waals surface area contributed by atoms with Gasteiger partial charge in [0.25, 0.3) is 0 Å². The van der Waals surface area contributed by atoms with Crippen LogP contribution in [0.3, 0.4) is 0 Å². The van der Waals surface area contributed by atoms with Gasteiger partial charge in [-0.1, -0.05) is 35.0 Å². The van der Waals surface area contributed by atoms with Crippen molar-refractivity contribution >= 4 is 33.2 Å². The molecule has 4 rings (SSSR count). The summed E-state index contributed by atoms with van der Waals surface area (Å²) in [6, 6.07) is 20.0. The van der Waals surface area contributed by atoms with Gasteiger partial charge in [-0.2, -0.15) is 0 Å². The molecule has 5 nitrogen and oxygen atoms in total. The molecular weight excluding hydrogens is 492 g/mol. The number of hydrogen-bond acceptors (Lipinski definition) is 4. The third-order valence-corrected chi connectivity index (χ3v) is 6.85. The fourth-order valence-electron chi connectivity index (χ4n) is 4.29. The van der Waals surface area contributed by atoms with Gasteiger partial charge < -0.3 is 19.3 Å². The van der Waals surface area contributed by atoms with Crippen molar-refractivity contribution in [2.45, 2.75) is 38.8 Å². The minimum Gasteiger partial charge on any atom is -0.493 e. The second kappa shape index (κ2) is 10.1. The van der Waals surface area contributed by atoms with Crippen LogP contribution < -0.4 is 19.3 Å². The monoisotopic (exact) mass is 522 g/mol. The summed E-state index contributed by atoms with van der Waals surface area (Å²) >= 11 is 3.54. The summed E-state index contributed by atoms with van der Waals surface area (Å²) in [6.07, 6.45) is 1.25. The third kappa shape index (κ3) is 4.78. The number of fused-ring (bicyclic) bond motifs is 1. The number of ether oxygens (including phenoxy) is 2. The van der Waals surface area contributed by atoms with Crippen molar-refractivity contribution in [3.8, 4) is 11.5 Å². The number of methoxy groups -OCH3 is 1. The van der Waals surface area contributed by atoms with E-state index in [1.165, 1.54) is 0 Å². The zero-order chi connectivity index (χ0) is 24.4. The SMILES string of the molecule is CC[C@@H](C)Oc1cc2c(cc1OC)CC(=O)N(c1ccc(N(C)C)cc1)C2c1ccc(Br)cc1. The fraction of sp³-hybridized carbons (Fsp3) is 0.321. The van der Waals surface area contributed by atoms with E-state index < -0.39 is 0 Å². The topological polar surface area (TPSA) is 42.0 Å². The lowest BCUT2D eigenvalue weighted by atomic mass is 9.86. The molecule has 1 aliphatic rings. The number of amides is 1. The molecule has 0 spiro atoms. The molecule has 1 unspecified atom stereocenters. The van der Waals surface area contributed by atoms with E-state index in [-0.39, 0.29) is 18.1 Å². The van der Waals surface area contributed by atoms with E-state index in [0.29, 0.717) is 17.9 Å². The molecule has 34 heavy (non-hydrogen) atoms. The number of carbonyl (C=O) groups excluding carboxylic acids is 1. The lowest BCUT2D eigenvalue weighted by Crippen LogP contribution is -2.41. The Morgan fingerprint density at radius 3 is 2.32 bits per heavy atom. The molecule has 0 aromatic heterocycles. The first-order valence-corrected chi connectivity index (χ1v) is 12.3. The Bertz CT molecular complexity index is 1160. The van der Waals surface area contributed by atoms with Gasteiger partial charge in [-0.25, -0.2) is 0 Å². The molecule has 0 saturated carbocycles. The normalized spacial score (nSPS) is 16.1. The molecule has 0 aliphatic carbocycles. The van der Waals surface area contributed by atoms with Crippen LogP contribution in [0.2, 0.25) is 0 Å². The number of halogens is 1. The summed E-state index contributed by atoms with van der Waals surface area (Å²) in [5.41, 5.74) is 5.01. The van der Waals surface area contributed by atoms with Crippen molar-refractivity contribution in [2.24, 2.45) is 0 Å². The van der Waals surface area contributed by atoms with E-state index in [9.17, 15) is 4.79 Å². The largest absolute Gasteiger partial charge is 0.493 e. The van der Waals surface area contributed by atoms with Crippen LogP contribution in [0.1, 0.15) is 43.0 Å². The second-order valence-corrected chi connectivity index (χ2v) is 9.76. The molecule has 0 bridgehead atoms. The first kappa shape index (κ1) is 24.1. The highest BCUT2D eigenvalue weighted by Crippen LogP contribution is 2.44. The molecule has 0 saturated heterocycles. The van der Waals surface area contributed by atoms with Gasteiger partial charge in [0.15, 0.2) is 11.5 Å². The molecule has 1 heterocycles. The maximum Gasteiger partial charge on any atom is 0.232 e. The van der Waals surface area contributed by atoms with Gasteiger partial charge >= 0.3 is 0 Å². The van der Waals surface area contributed by atoms with Gasteiger partial charge in [0.1, 0.15) is 0 Å². The Hall–Kier alpha value is -2.99. The summed E-state index contributed by atoms with van der Waals surface area (Å²) in [6.45, 7) is 4.14. The lowest BCUT2D eigenvalue weighted by Gasteiger charge is -2.38. The number of nitrogens with zero attached hydrogens (tertiary/aromatic N) is 2. The van der Waals surface area contributed by atoms with Crippen LogP contribution in [0.5, 0.6) is 11.5 Å². The van der Waals surface area contributed by atoms with E-state index in [4.69, 9.17) is 9.47 Å². The molecule has 0 N–H and O–H groups in total. The van der Waals surface area contributed by atoms with E-state index >= 15 is 0 Å². The van der Waals surface area contributed by atoms with Crippen LogP contribution in [0, 0.1) is 0 Å². The molecular formula is C28H31BrN2O3. The third-order valence-electron chi connectivity index (χ3n) is 6.32. The molecule has 6 heteroatoms. The number of benzene rings is 3. The number of carbonyl (C=O) groups is 1. The highest BCUT2D eigenvalue weighted by molar-refractivity contribution is 9.10. The molecule has 2 atom stereocenters. The zero-order valence-electron chi connectivity index (χ0n) is 20.3. The van der Waals surface area contributed by atoms with E-state index in [2.05, 4.69) is 41.1 Å². The predicted molar refractivity (Wildman–Crippen MR) is 141 cm³/mol. The Morgan fingerprint density at radius 1 is 1.06 bits per heavy atom. The Morgan fingerprint density at radius 2 is 1.74 bits per heavy atom. The summed E-state index contributed by atoms with van der Waals surface area (Å²) < 4.78 is 12.9. The van der Waals surface area contributed by atoms with E-state index in [1.807, 2.05) is 73.3 Å². The van der Waals surface area contributed by atoms with Gasteiger partial charge in [0.2, 0.25) is 5.91 Å². The molecule has 0 fully saturated rings. The average molecular weight is 523 g/mol. The summed E-state index contributed by atoms with van der Waals surface area (Å²) in [5, 5.41) is 0. The van der Waals surface area contributed by atoms with Crippen molar-refractivity contribution in [1.82, 2.24) is 0 Å². The van der Waals surface area contributed by atoms with Crippen molar-refractivity contribution < 1.29 is 14.3 Å². The van der Waals surface area contributed by atoms with Crippen LogP contribution in [-0.2, 0) is 11.2 Å². The molecule has 178 valence electrons. The van der Waals surface area contributed by atoms with Gasteiger partial charge in [-0.15, -0.1) is 0 Å². The van der Waals surface area contributed by atoms with E-state index in [1.54, 1.807) is 7.11 Å². The molecule has 0 radical (unpaired) electrons. The summed E-state index contributed by atoms with van der Waals surface area (Å²) in [7, 11) is 5.66. The van der Waals surface area contributed by atoms with Crippen molar-refractivity contribution in [2.75, 3.05) is 31.0 Å². The maximum absolute atomic E-state index is 13.6. The van der Waals surface area contributed by atoms with Gasteiger partial charge in [-0.3, -0.25) is 4.79 Å². The predicted octanol–water partition coefficient (Wildman–Crippen LogP) is 6.38. The molecule has 1 aliphatic heterocycles. The fourth-order valence-corrected chi connectivity index (χ4v) is 4.55. The van der Waals surface area contributed by atoms with Crippen molar-refractivity contribution in [3.63, 3.8) is 0 Å². The highest BCUT2D eigenvalue weighted by Gasteiger charge is 2.36. The Kier molecular flexibility index (Phi) is 7.17. The van der Waals surface area contributed by atoms with Crippen molar-refractivity contribution in [1.29, 1.82) is 0 Å². The first-order chi connectivity index (χ1) is 16.3. The highest BCUT2D eigenvalue weighted by atomic mass is 79.9. The standard InChI is InChI=1S/C28H31BrN2O3/c1-6-18(2)34-26-17-24-20(15-25(26)33-5)16-27(32)31(23-13-11-22(12-14-23)30(3)4)28(24)19-7-9-21(29)10-8-19/h7-15,17-18,28H,6,16H2,1-5H3/t18-,28?/m1/s1. The molecule has 3 aromatic carbocycles. The maximum atomic E-state index is 13.6. The number of hydrogen-bond donors (Lipinski definition) is 0. The quantitative estimate of drug-likeness (QED) is 0.361. The zero-order valence-corrected chi connectivity index (χ0v) is 21.9. The van der Waals surface area contributed by atoms with E-state index in [0.717, 1.165) is 39.0 Å². The summed E-state index contributed by atoms with van der Waals surface area (Å²) in [4.78, 5) is 17.5. The van der Waals surface area contributed by atoms with Crippen LogP contribution in [-0.4, -0.2) is 33.2 Å². The van der Waals surface area contributed by atoms with Crippen LogP contribution >= 0.6 is 15.9 Å². The smallest absolute Gasteiger partial charge is 0.232 e. The average Bonchev–Trinajstić information content (AvgIpc) is 2.83. The first-order valence-electron chi connectivity index (χ1n) is 11.5. The second-order valence-electron chi connectivity index (χ2n) is 8.84. The number of anilines is 2. The van der Waals surface area contributed by atoms with Crippen LogP contribution in [0.15, 0.2) is 65.1 Å². The Balaban J connectivity index is 1.88. The Labute approximate surface area is 210 Å². The van der Waals surface area contributed by atoms with Crippen LogP contribution in [0.4, 0.5) is 11.4 Å². The van der Waals surface area contributed by atoms with Crippen LogP contribution in [0.25, 0.3) is 0 Å². The minimum atomic E-state index is -0.278. The van der Waals surface area contributed by atoms with Crippen molar-refractivity contribution in [3.05, 3.63) is 81.8 Å². The lowest BCUT2D eigenvalue weighted by molar-refractivity contribution is -0.118. The minimum absolute atomic E-state index is 0.0515. The van der Waals surface area contributed by atoms with Gasteiger partial charge in [0, 0.05) is 29.9 Å². The van der Waals surface area contributed by atoms with Gasteiger partial charge in [-0.05, 0) is 78.6 Å². The summed E-state index contributed by atoms with van der Waals surface area (Å²) in [5.74, 6) is 1.41. The van der Waals surface area contributed by atoms with Gasteiger partial charge in [0.05, 0.1) is 25.7 Å². The molecule has 1 amide bonds.